The molecule has 0 saturated carbocycles. The SMILES string of the molecule is C1=NC=C2CNC=C12. The summed E-state index contributed by atoms with van der Waals surface area (Å²) in [5.41, 5.74) is 2.55. The van der Waals surface area contributed by atoms with Crippen LogP contribution in [0.25, 0.3) is 0 Å². The van der Waals surface area contributed by atoms with Crippen molar-refractivity contribution in [1.82, 2.24) is 5.32 Å². The number of nitrogens with one attached hydrogen (secondary N) is 1. The van der Waals surface area contributed by atoms with Crippen molar-refractivity contribution in [1.29, 1.82) is 0 Å². The average molecular weight is 106 g/mol. The van der Waals surface area contributed by atoms with Crippen LogP contribution in [-0.4, -0.2) is 12.8 Å². The lowest BCUT2D eigenvalue weighted by Gasteiger charge is -1.85. The third-order valence-corrected chi connectivity index (χ3v) is 1.36. The van der Waals surface area contributed by atoms with E-state index in [0.29, 0.717) is 0 Å². The minimum Gasteiger partial charge on any atom is -0.386 e. The van der Waals surface area contributed by atoms with E-state index < -0.39 is 0 Å². The monoisotopic (exact) mass is 106 g/mol. The molecule has 0 radical (unpaired) electrons. The van der Waals surface area contributed by atoms with Gasteiger partial charge >= 0.3 is 0 Å². The molecule has 2 rings (SSSR count). The lowest BCUT2D eigenvalue weighted by atomic mass is 10.2. The highest BCUT2D eigenvalue weighted by molar-refractivity contribution is 5.89. The van der Waals surface area contributed by atoms with Crippen LogP contribution >= 0.6 is 0 Å². The third kappa shape index (κ3) is 0.346. The molecule has 40 valence electrons. The summed E-state index contributed by atoms with van der Waals surface area (Å²) in [4.78, 5) is 3.97. The van der Waals surface area contributed by atoms with Crippen molar-refractivity contribution < 1.29 is 0 Å². The highest BCUT2D eigenvalue weighted by atomic mass is 14.9. The van der Waals surface area contributed by atoms with Gasteiger partial charge in [0.05, 0.1) is 0 Å². The number of nitrogens with zero attached hydrogens (tertiary/aromatic N) is 1. The van der Waals surface area contributed by atoms with E-state index in [1.54, 1.807) is 0 Å². The first-order valence-electron chi connectivity index (χ1n) is 2.63. The van der Waals surface area contributed by atoms with Crippen LogP contribution in [0.4, 0.5) is 0 Å². The molecule has 2 heterocycles. The molecule has 2 nitrogen and oxygen atoms in total. The smallest absolute Gasteiger partial charge is 0.0417 e. The fraction of sp³-hybridized carbons (Fsp3) is 0.167. The van der Waals surface area contributed by atoms with Gasteiger partial charge in [-0.3, -0.25) is 4.99 Å². The molecule has 0 atom stereocenters. The summed E-state index contributed by atoms with van der Waals surface area (Å²) in [6.07, 6.45) is 5.75. The van der Waals surface area contributed by atoms with Crippen LogP contribution < -0.4 is 5.32 Å². The number of aliphatic imine (C=N–C) groups is 1. The van der Waals surface area contributed by atoms with E-state index in [2.05, 4.69) is 10.3 Å². The summed E-state index contributed by atoms with van der Waals surface area (Å²) in [6, 6.07) is 0. The molecule has 0 aromatic carbocycles. The van der Waals surface area contributed by atoms with Crippen molar-refractivity contribution in [2.45, 2.75) is 0 Å². The van der Waals surface area contributed by atoms with Gasteiger partial charge in [-0.2, -0.15) is 0 Å². The standard InChI is InChI=1S/C6H6N2/c1-5-2-8-4-6(5)3-7-1/h1-3,8H,4H2. The lowest BCUT2D eigenvalue weighted by molar-refractivity contribution is 1.00. The van der Waals surface area contributed by atoms with Crippen molar-refractivity contribution in [2.24, 2.45) is 4.99 Å². The topological polar surface area (TPSA) is 24.4 Å². The predicted octanol–water partition coefficient (Wildman–Crippen LogP) is 0.442. The summed E-state index contributed by atoms with van der Waals surface area (Å²) in [6.45, 7) is 0.954. The van der Waals surface area contributed by atoms with Gasteiger partial charge in [-0.1, -0.05) is 0 Å². The van der Waals surface area contributed by atoms with Crippen molar-refractivity contribution in [3.05, 3.63) is 23.5 Å². The number of rotatable bonds is 0. The summed E-state index contributed by atoms with van der Waals surface area (Å²) in [7, 11) is 0. The molecule has 2 aliphatic heterocycles. The number of hydrogen-bond donors (Lipinski definition) is 1. The lowest BCUT2D eigenvalue weighted by Crippen LogP contribution is -1.99. The Bertz CT molecular complexity index is 199. The molecule has 2 heteroatoms. The maximum atomic E-state index is 3.97. The molecule has 0 amide bonds. The molecule has 2 aliphatic rings. The van der Waals surface area contributed by atoms with E-state index in [-0.39, 0.29) is 0 Å². The first-order chi connectivity index (χ1) is 3.97. The van der Waals surface area contributed by atoms with Crippen LogP contribution in [0, 0.1) is 0 Å². The molecule has 0 bridgehead atoms. The average Bonchev–Trinajstić information content (AvgIpc) is 2.15. The van der Waals surface area contributed by atoms with Gasteiger partial charge in [0, 0.05) is 30.7 Å². The Kier molecular flexibility index (Phi) is 0.592. The fourth-order valence-corrected chi connectivity index (χ4v) is 0.914. The zero-order valence-electron chi connectivity index (χ0n) is 4.39. The molecule has 0 unspecified atom stereocenters. The van der Waals surface area contributed by atoms with E-state index in [1.807, 2.05) is 18.6 Å². The second-order valence-electron chi connectivity index (χ2n) is 1.91. The number of hydrogen-bond acceptors (Lipinski definition) is 2. The largest absolute Gasteiger partial charge is 0.386 e. The van der Waals surface area contributed by atoms with E-state index in [0.717, 1.165) is 6.54 Å². The predicted molar refractivity (Wildman–Crippen MR) is 32.7 cm³/mol. The van der Waals surface area contributed by atoms with Gasteiger partial charge in [-0.05, 0) is 5.57 Å². The molecule has 1 N–H and O–H groups in total. The van der Waals surface area contributed by atoms with Gasteiger partial charge in [0.2, 0.25) is 0 Å². The van der Waals surface area contributed by atoms with Crippen molar-refractivity contribution in [3.63, 3.8) is 0 Å². The van der Waals surface area contributed by atoms with Gasteiger partial charge in [0.25, 0.3) is 0 Å². The number of fused-ring (bicyclic) bond motifs is 1. The maximum Gasteiger partial charge on any atom is 0.0417 e. The van der Waals surface area contributed by atoms with Gasteiger partial charge in [-0.25, -0.2) is 0 Å². The Hall–Kier alpha value is -1.05. The molecule has 8 heavy (non-hydrogen) atoms. The summed E-state index contributed by atoms with van der Waals surface area (Å²) in [5, 5.41) is 3.10. The first-order valence-corrected chi connectivity index (χ1v) is 2.63. The van der Waals surface area contributed by atoms with Crippen LogP contribution in [0.15, 0.2) is 28.5 Å². The van der Waals surface area contributed by atoms with E-state index in [1.165, 1.54) is 11.1 Å². The zero-order valence-corrected chi connectivity index (χ0v) is 4.39. The van der Waals surface area contributed by atoms with E-state index >= 15 is 0 Å². The van der Waals surface area contributed by atoms with Crippen LogP contribution in [0.5, 0.6) is 0 Å². The minimum atomic E-state index is 0.954. The Labute approximate surface area is 47.6 Å². The van der Waals surface area contributed by atoms with Crippen LogP contribution in [0.1, 0.15) is 0 Å². The molecule has 0 aliphatic carbocycles. The molecular formula is C6H6N2. The second kappa shape index (κ2) is 1.22. The third-order valence-electron chi connectivity index (χ3n) is 1.36. The molecule has 0 fully saturated rings. The van der Waals surface area contributed by atoms with E-state index in [9.17, 15) is 0 Å². The second-order valence-corrected chi connectivity index (χ2v) is 1.91. The normalized spacial score (nSPS) is 22.0. The van der Waals surface area contributed by atoms with Gasteiger partial charge in [-0.15, -0.1) is 0 Å². The summed E-state index contributed by atoms with van der Waals surface area (Å²) >= 11 is 0. The molecule has 0 aromatic rings. The molecule has 0 aromatic heterocycles. The van der Waals surface area contributed by atoms with Gasteiger partial charge < -0.3 is 5.32 Å². The molecule has 0 saturated heterocycles. The Morgan fingerprint density at radius 1 is 1.62 bits per heavy atom. The van der Waals surface area contributed by atoms with Crippen LogP contribution in [-0.2, 0) is 0 Å². The Morgan fingerprint density at radius 3 is 3.50 bits per heavy atom. The van der Waals surface area contributed by atoms with Crippen LogP contribution in [0.3, 0.4) is 0 Å². The van der Waals surface area contributed by atoms with Gasteiger partial charge in [0.15, 0.2) is 0 Å². The van der Waals surface area contributed by atoms with Crippen molar-refractivity contribution in [2.75, 3.05) is 6.54 Å². The summed E-state index contributed by atoms with van der Waals surface area (Å²) in [5.74, 6) is 0. The zero-order chi connectivity index (χ0) is 5.40. The fourth-order valence-electron chi connectivity index (χ4n) is 0.914. The summed E-state index contributed by atoms with van der Waals surface area (Å²) < 4.78 is 0. The Balaban J connectivity index is 2.49. The highest BCUT2D eigenvalue weighted by Gasteiger charge is 2.10. The quantitative estimate of drug-likeness (QED) is 0.476. The Morgan fingerprint density at radius 2 is 2.62 bits per heavy atom. The van der Waals surface area contributed by atoms with Crippen molar-refractivity contribution in [3.8, 4) is 0 Å². The minimum absolute atomic E-state index is 0.954. The van der Waals surface area contributed by atoms with E-state index in [4.69, 9.17) is 0 Å². The first kappa shape index (κ1) is 3.89. The van der Waals surface area contributed by atoms with Crippen LogP contribution in [0.2, 0.25) is 0 Å². The molecular weight excluding hydrogens is 100 g/mol. The maximum absolute atomic E-state index is 3.97. The van der Waals surface area contributed by atoms with Crippen molar-refractivity contribution >= 4 is 6.21 Å². The highest BCUT2D eigenvalue weighted by Crippen LogP contribution is 2.15. The van der Waals surface area contributed by atoms with Gasteiger partial charge in [0.1, 0.15) is 0 Å². The molecule has 0 spiro atoms.